The average molecular weight is 283 g/mol. The minimum absolute atomic E-state index is 0.174. The molecule has 5 atom stereocenters. The summed E-state index contributed by atoms with van der Waals surface area (Å²) in [6.45, 7) is 0. The van der Waals surface area contributed by atoms with E-state index in [1.54, 1.807) is 0 Å². The number of carbonyl (C=O) groups is 2. The monoisotopic (exact) mass is 283 g/mol. The summed E-state index contributed by atoms with van der Waals surface area (Å²) < 4.78 is 4.91. The van der Waals surface area contributed by atoms with Gasteiger partial charge in [0.2, 0.25) is 5.91 Å². The highest BCUT2D eigenvalue weighted by atomic mass is 32.1. The molecule has 3 fully saturated rings. The van der Waals surface area contributed by atoms with E-state index < -0.39 is 5.92 Å². The third-order valence-corrected chi connectivity index (χ3v) is 4.69. The molecule has 0 spiro atoms. The summed E-state index contributed by atoms with van der Waals surface area (Å²) in [5, 5.41) is 9.39. The Morgan fingerprint density at radius 1 is 1.42 bits per heavy atom. The largest absolute Gasteiger partial charge is 0.469 e. The Morgan fingerprint density at radius 2 is 2.21 bits per heavy atom. The average Bonchev–Trinajstić information content (AvgIpc) is 2.82. The zero-order chi connectivity index (χ0) is 13.6. The van der Waals surface area contributed by atoms with Crippen LogP contribution >= 0.6 is 12.2 Å². The van der Waals surface area contributed by atoms with E-state index in [2.05, 4.69) is 16.0 Å². The number of hydrogen-bond acceptors (Lipinski definition) is 5. The number of piperidine rings is 1. The van der Waals surface area contributed by atoms with Crippen molar-refractivity contribution in [2.24, 2.45) is 17.8 Å². The van der Waals surface area contributed by atoms with Gasteiger partial charge in [0.25, 0.3) is 0 Å². The first kappa shape index (κ1) is 12.8. The summed E-state index contributed by atoms with van der Waals surface area (Å²) in [4.78, 5) is 24.3. The number of esters is 1. The van der Waals surface area contributed by atoms with E-state index in [4.69, 9.17) is 17.0 Å². The number of thiocarbonyl (C=S) groups is 1. The summed E-state index contributed by atoms with van der Waals surface area (Å²) in [7, 11) is 1.38. The van der Waals surface area contributed by atoms with E-state index in [-0.39, 0.29) is 35.9 Å². The zero-order valence-corrected chi connectivity index (χ0v) is 11.5. The molecule has 6 nitrogen and oxygen atoms in total. The molecule has 7 heteroatoms. The predicted molar refractivity (Wildman–Crippen MR) is 70.9 cm³/mol. The highest BCUT2D eigenvalue weighted by Gasteiger charge is 2.54. The van der Waals surface area contributed by atoms with Gasteiger partial charge in [-0.25, -0.2) is 0 Å². The molecule has 19 heavy (non-hydrogen) atoms. The molecule has 1 aliphatic carbocycles. The molecule has 0 aromatic heterocycles. The first-order valence-corrected chi connectivity index (χ1v) is 6.98. The molecule has 2 saturated heterocycles. The van der Waals surface area contributed by atoms with E-state index in [1.807, 2.05) is 0 Å². The molecule has 1 amide bonds. The molecule has 104 valence electrons. The Labute approximate surface area is 116 Å². The molecule has 5 unspecified atom stereocenters. The molecule has 3 aliphatic rings. The van der Waals surface area contributed by atoms with Gasteiger partial charge in [-0.2, -0.15) is 0 Å². The second-order valence-electron chi connectivity index (χ2n) is 5.38. The van der Waals surface area contributed by atoms with Gasteiger partial charge in [-0.15, -0.1) is 0 Å². The second kappa shape index (κ2) is 4.72. The van der Waals surface area contributed by atoms with Gasteiger partial charge in [0.05, 0.1) is 25.1 Å². The fourth-order valence-electron chi connectivity index (χ4n) is 3.71. The topological polar surface area (TPSA) is 79.5 Å². The number of nitrogens with one attached hydrogen (secondary N) is 3. The van der Waals surface area contributed by atoms with E-state index in [0.29, 0.717) is 5.11 Å². The van der Waals surface area contributed by atoms with Crippen LogP contribution in [0.15, 0.2) is 0 Å². The molecule has 0 radical (unpaired) electrons. The number of ether oxygens (including phenoxy) is 1. The number of amides is 1. The molecule has 2 aliphatic heterocycles. The van der Waals surface area contributed by atoms with Crippen molar-refractivity contribution in [3.8, 4) is 0 Å². The third kappa shape index (κ3) is 2.01. The van der Waals surface area contributed by atoms with Gasteiger partial charge < -0.3 is 15.4 Å². The molecule has 0 aromatic carbocycles. The molecule has 0 bridgehead atoms. The lowest BCUT2D eigenvalue weighted by atomic mass is 9.72. The van der Waals surface area contributed by atoms with E-state index in [1.165, 1.54) is 7.11 Å². The number of methoxy groups -OCH3 is 1. The lowest BCUT2D eigenvalue weighted by Gasteiger charge is -2.46. The molecule has 0 aromatic rings. The first-order valence-electron chi connectivity index (χ1n) is 6.57. The molecule has 1 saturated carbocycles. The van der Waals surface area contributed by atoms with Crippen LogP contribution in [0, 0.1) is 17.8 Å². The maximum atomic E-state index is 12.2. The third-order valence-electron chi connectivity index (χ3n) is 4.47. The maximum Gasteiger partial charge on any atom is 0.309 e. The molecule has 3 rings (SSSR count). The molecule has 2 heterocycles. The summed E-state index contributed by atoms with van der Waals surface area (Å²) in [5.41, 5.74) is 0. The van der Waals surface area contributed by atoms with Crippen LogP contribution in [0.3, 0.4) is 0 Å². The van der Waals surface area contributed by atoms with Crippen LogP contribution in [0.1, 0.15) is 19.3 Å². The highest BCUT2D eigenvalue weighted by molar-refractivity contribution is 7.80. The zero-order valence-electron chi connectivity index (χ0n) is 10.6. The summed E-state index contributed by atoms with van der Waals surface area (Å²) in [5.74, 6) is -1.16. The SMILES string of the molecule is COC(=O)C1C2CCCC2NC2NC(=S)NC(=O)C21. The quantitative estimate of drug-likeness (QED) is 0.444. The van der Waals surface area contributed by atoms with Crippen LogP contribution in [0.5, 0.6) is 0 Å². The fourth-order valence-corrected chi connectivity index (χ4v) is 3.94. The van der Waals surface area contributed by atoms with Crippen LogP contribution in [-0.4, -0.2) is 36.3 Å². The second-order valence-corrected chi connectivity index (χ2v) is 5.79. The fraction of sp³-hybridized carbons (Fsp3) is 0.750. The molecular weight excluding hydrogens is 266 g/mol. The molecular formula is C12H17N3O3S. The van der Waals surface area contributed by atoms with Crippen molar-refractivity contribution in [2.45, 2.75) is 31.5 Å². The van der Waals surface area contributed by atoms with Crippen LogP contribution in [0.2, 0.25) is 0 Å². The predicted octanol–water partition coefficient (Wildman–Crippen LogP) is -0.506. The van der Waals surface area contributed by atoms with Crippen LogP contribution in [-0.2, 0) is 14.3 Å². The van der Waals surface area contributed by atoms with Gasteiger partial charge in [-0.05, 0) is 31.0 Å². The standard InChI is InChI=1S/C12H17N3O3S/c1-18-11(17)7-5-3-2-4-6(5)13-9-8(7)10(16)15-12(19)14-9/h5-9,13H,2-4H2,1H3,(H2,14,15,16,19). The Kier molecular flexibility index (Phi) is 3.18. The van der Waals surface area contributed by atoms with Crippen molar-refractivity contribution in [1.82, 2.24) is 16.0 Å². The maximum absolute atomic E-state index is 12.2. The Hall–Kier alpha value is -1.21. The normalized spacial score (nSPS) is 40.8. The molecule has 3 N–H and O–H groups in total. The van der Waals surface area contributed by atoms with Crippen LogP contribution in [0.4, 0.5) is 0 Å². The van der Waals surface area contributed by atoms with Crippen molar-refractivity contribution < 1.29 is 14.3 Å². The first-order chi connectivity index (χ1) is 9.11. The van der Waals surface area contributed by atoms with Gasteiger partial charge in [0.1, 0.15) is 0 Å². The van der Waals surface area contributed by atoms with Gasteiger partial charge in [-0.1, -0.05) is 6.42 Å². The van der Waals surface area contributed by atoms with E-state index in [9.17, 15) is 9.59 Å². The van der Waals surface area contributed by atoms with Gasteiger partial charge in [0.15, 0.2) is 5.11 Å². The number of hydrogen-bond donors (Lipinski definition) is 3. The highest BCUT2D eigenvalue weighted by Crippen LogP contribution is 2.41. The Morgan fingerprint density at radius 3 is 2.95 bits per heavy atom. The van der Waals surface area contributed by atoms with E-state index >= 15 is 0 Å². The summed E-state index contributed by atoms with van der Waals surface area (Å²) in [6.07, 6.45) is 2.78. The number of fused-ring (bicyclic) bond motifs is 2. The minimum Gasteiger partial charge on any atom is -0.469 e. The summed E-state index contributed by atoms with van der Waals surface area (Å²) >= 11 is 5.00. The van der Waals surface area contributed by atoms with Crippen LogP contribution < -0.4 is 16.0 Å². The summed E-state index contributed by atoms with van der Waals surface area (Å²) in [6, 6.07) is 0.256. The Bertz CT molecular complexity index is 442. The smallest absolute Gasteiger partial charge is 0.309 e. The number of carbonyl (C=O) groups excluding carboxylic acids is 2. The minimum atomic E-state index is -0.460. The van der Waals surface area contributed by atoms with Gasteiger partial charge >= 0.3 is 5.97 Å². The van der Waals surface area contributed by atoms with Gasteiger partial charge in [0, 0.05) is 6.04 Å². The Balaban J connectivity index is 1.94. The van der Waals surface area contributed by atoms with Crippen molar-refractivity contribution >= 4 is 29.2 Å². The van der Waals surface area contributed by atoms with Crippen molar-refractivity contribution in [1.29, 1.82) is 0 Å². The van der Waals surface area contributed by atoms with Gasteiger partial charge in [-0.3, -0.25) is 14.9 Å². The van der Waals surface area contributed by atoms with Crippen molar-refractivity contribution in [2.75, 3.05) is 7.11 Å². The number of rotatable bonds is 1. The van der Waals surface area contributed by atoms with E-state index in [0.717, 1.165) is 19.3 Å². The lowest BCUT2D eigenvalue weighted by molar-refractivity contribution is -0.157. The lowest BCUT2D eigenvalue weighted by Crippen LogP contribution is -2.71. The van der Waals surface area contributed by atoms with Crippen LogP contribution in [0.25, 0.3) is 0 Å². The van der Waals surface area contributed by atoms with Crippen molar-refractivity contribution in [3.05, 3.63) is 0 Å². The van der Waals surface area contributed by atoms with Crippen molar-refractivity contribution in [3.63, 3.8) is 0 Å².